The smallest absolute Gasteiger partial charge is 0.183 e. The maximum atomic E-state index is 5.72. The zero-order valence-corrected chi connectivity index (χ0v) is 7.81. The normalized spacial score (nSPS) is 10.1. The Morgan fingerprint density at radius 1 is 1.21 bits per heavy atom. The van der Waals surface area contributed by atoms with Crippen molar-refractivity contribution in [3.05, 3.63) is 29.8 Å². The van der Waals surface area contributed by atoms with Gasteiger partial charge in [0.05, 0.1) is 6.20 Å². The SMILES string of the molecule is Nc1cc(Cl)nc(-c2cnccn2)n1. The molecule has 2 aromatic heterocycles. The first kappa shape index (κ1) is 8.83. The summed E-state index contributed by atoms with van der Waals surface area (Å²) in [6.45, 7) is 0. The molecule has 5 nitrogen and oxygen atoms in total. The van der Waals surface area contributed by atoms with Crippen molar-refractivity contribution in [1.29, 1.82) is 0 Å². The van der Waals surface area contributed by atoms with E-state index < -0.39 is 0 Å². The van der Waals surface area contributed by atoms with Crippen LogP contribution in [0.3, 0.4) is 0 Å². The molecule has 2 heterocycles. The lowest BCUT2D eigenvalue weighted by atomic mass is 10.4. The standard InChI is InChI=1S/C8H6ClN5/c9-6-3-7(10)14-8(13-6)5-4-11-1-2-12-5/h1-4H,(H2,10,13,14). The van der Waals surface area contributed by atoms with Gasteiger partial charge in [0.1, 0.15) is 16.7 Å². The summed E-state index contributed by atoms with van der Waals surface area (Å²) in [4.78, 5) is 15.9. The van der Waals surface area contributed by atoms with Gasteiger partial charge in [-0.15, -0.1) is 0 Å². The van der Waals surface area contributed by atoms with E-state index in [0.717, 1.165) is 0 Å². The number of nitrogen functional groups attached to an aromatic ring is 1. The first-order valence-corrected chi connectivity index (χ1v) is 4.20. The Morgan fingerprint density at radius 3 is 2.71 bits per heavy atom. The average molecular weight is 208 g/mol. The van der Waals surface area contributed by atoms with Crippen LogP contribution in [0.15, 0.2) is 24.7 Å². The molecule has 0 aromatic carbocycles. The number of rotatable bonds is 1. The third kappa shape index (κ3) is 1.77. The summed E-state index contributed by atoms with van der Waals surface area (Å²) < 4.78 is 0. The molecular weight excluding hydrogens is 202 g/mol. The summed E-state index contributed by atoms with van der Waals surface area (Å²) in [5.74, 6) is 0.689. The third-order valence-electron chi connectivity index (χ3n) is 1.51. The molecule has 0 radical (unpaired) electrons. The van der Waals surface area contributed by atoms with Gasteiger partial charge in [-0.05, 0) is 0 Å². The Kier molecular flexibility index (Phi) is 2.24. The minimum absolute atomic E-state index is 0.290. The molecule has 0 spiro atoms. The quantitative estimate of drug-likeness (QED) is 0.711. The van der Waals surface area contributed by atoms with Crippen LogP contribution in [0.25, 0.3) is 11.5 Å². The van der Waals surface area contributed by atoms with Crippen molar-refractivity contribution in [2.75, 3.05) is 5.73 Å². The van der Waals surface area contributed by atoms with Crippen LogP contribution >= 0.6 is 11.6 Å². The lowest BCUT2D eigenvalue weighted by Gasteiger charge is -1.99. The highest BCUT2D eigenvalue weighted by Gasteiger charge is 2.04. The second kappa shape index (κ2) is 3.55. The van der Waals surface area contributed by atoms with Crippen LogP contribution in [0, 0.1) is 0 Å². The molecule has 2 aromatic rings. The van der Waals surface area contributed by atoms with E-state index in [1.165, 1.54) is 6.07 Å². The van der Waals surface area contributed by atoms with E-state index in [9.17, 15) is 0 Å². The van der Waals surface area contributed by atoms with E-state index >= 15 is 0 Å². The fourth-order valence-corrected chi connectivity index (χ4v) is 1.16. The summed E-state index contributed by atoms with van der Waals surface area (Å²) >= 11 is 5.72. The van der Waals surface area contributed by atoms with Crippen LogP contribution in [0.4, 0.5) is 5.82 Å². The van der Waals surface area contributed by atoms with Crippen LogP contribution < -0.4 is 5.73 Å². The molecule has 0 aliphatic carbocycles. The number of hydrogen-bond donors (Lipinski definition) is 1. The maximum absolute atomic E-state index is 5.72. The molecule has 0 aliphatic rings. The highest BCUT2D eigenvalue weighted by atomic mass is 35.5. The van der Waals surface area contributed by atoms with E-state index in [0.29, 0.717) is 17.3 Å². The van der Waals surface area contributed by atoms with Gasteiger partial charge in [-0.1, -0.05) is 11.6 Å². The van der Waals surface area contributed by atoms with Gasteiger partial charge in [0, 0.05) is 18.5 Å². The molecule has 0 fully saturated rings. The predicted octanol–water partition coefficient (Wildman–Crippen LogP) is 1.17. The van der Waals surface area contributed by atoms with Crippen molar-refractivity contribution < 1.29 is 0 Å². The van der Waals surface area contributed by atoms with Gasteiger partial charge in [0.2, 0.25) is 0 Å². The topological polar surface area (TPSA) is 77.6 Å². The van der Waals surface area contributed by atoms with Gasteiger partial charge in [0.15, 0.2) is 5.82 Å². The fourth-order valence-electron chi connectivity index (χ4n) is 0.964. The van der Waals surface area contributed by atoms with E-state index in [2.05, 4.69) is 19.9 Å². The second-order valence-electron chi connectivity index (χ2n) is 2.53. The van der Waals surface area contributed by atoms with Gasteiger partial charge in [-0.25, -0.2) is 15.0 Å². The number of halogens is 1. The number of nitrogens with two attached hydrogens (primary N) is 1. The van der Waals surface area contributed by atoms with Gasteiger partial charge in [0.25, 0.3) is 0 Å². The summed E-state index contributed by atoms with van der Waals surface area (Å²) in [5.41, 5.74) is 6.06. The minimum atomic E-state index is 0.290. The lowest BCUT2D eigenvalue weighted by Crippen LogP contribution is -1.97. The molecule has 2 rings (SSSR count). The molecule has 0 amide bonds. The zero-order valence-electron chi connectivity index (χ0n) is 7.05. The molecule has 0 atom stereocenters. The molecule has 0 saturated carbocycles. The van der Waals surface area contributed by atoms with Gasteiger partial charge < -0.3 is 5.73 Å². The Morgan fingerprint density at radius 2 is 2.07 bits per heavy atom. The van der Waals surface area contributed by atoms with Crippen molar-refractivity contribution in [3.8, 4) is 11.5 Å². The first-order valence-electron chi connectivity index (χ1n) is 3.82. The predicted molar refractivity (Wildman–Crippen MR) is 52.5 cm³/mol. The molecule has 0 bridgehead atoms. The number of hydrogen-bond acceptors (Lipinski definition) is 5. The van der Waals surface area contributed by atoms with Crippen LogP contribution in [-0.4, -0.2) is 19.9 Å². The van der Waals surface area contributed by atoms with Gasteiger partial charge in [-0.3, -0.25) is 4.98 Å². The van der Waals surface area contributed by atoms with Crippen molar-refractivity contribution in [1.82, 2.24) is 19.9 Å². The van der Waals surface area contributed by atoms with E-state index in [-0.39, 0.29) is 5.15 Å². The lowest BCUT2D eigenvalue weighted by molar-refractivity contribution is 1.12. The van der Waals surface area contributed by atoms with Crippen LogP contribution in [0.5, 0.6) is 0 Å². The summed E-state index contributed by atoms with van der Waals surface area (Å²) in [6.07, 6.45) is 4.66. The zero-order chi connectivity index (χ0) is 9.97. The molecule has 0 unspecified atom stereocenters. The van der Waals surface area contributed by atoms with E-state index in [1.807, 2.05) is 0 Å². The van der Waals surface area contributed by atoms with E-state index in [1.54, 1.807) is 18.6 Å². The molecule has 6 heteroatoms. The van der Waals surface area contributed by atoms with Crippen molar-refractivity contribution in [3.63, 3.8) is 0 Å². The molecule has 0 saturated heterocycles. The highest BCUT2D eigenvalue weighted by Crippen LogP contribution is 2.15. The van der Waals surface area contributed by atoms with Gasteiger partial charge >= 0.3 is 0 Å². The molecule has 0 aliphatic heterocycles. The second-order valence-corrected chi connectivity index (χ2v) is 2.92. The minimum Gasteiger partial charge on any atom is -0.384 e. The van der Waals surface area contributed by atoms with Crippen LogP contribution in [0.2, 0.25) is 5.15 Å². The van der Waals surface area contributed by atoms with Crippen molar-refractivity contribution in [2.24, 2.45) is 0 Å². The molecule has 2 N–H and O–H groups in total. The Balaban J connectivity index is 2.52. The van der Waals surface area contributed by atoms with E-state index in [4.69, 9.17) is 17.3 Å². The first-order chi connectivity index (χ1) is 6.75. The number of anilines is 1. The monoisotopic (exact) mass is 207 g/mol. The molecule has 14 heavy (non-hydrogen) atoms. The van der Waals surface area contributed by atoms with Crippen molar-refractivity contribution in [2.45, 2.75) is 0 Å². The third-order valence-corrected chi connectivity index (χ3v) is 1.70. The highest BCUT2D eigenvalue weighted by molar-refractivity contribution is 6.29. The molecule has 70 valence electrons. The Labute approximate surface area is 85.0 Å². The summed E-state index contributed by atoms with van der Waals surface area (Å²) in [6, 6.07) is 1.47. The summed E-state index contributed by atoms with van der Waals surface area (Å²) in [7, 11) is 0. The average Bonchev–Trinajstić information content (AvgIpc) is 2.18. The van der Waals surface area contributed by atoms with Gasteiger partial charge in [-0.2, -0.15) is 0 Å². The molecular formula is C8H6ClN5. The maximum Gasteiger partial charge on any atom is 0.183 e. The Bertz CT molecular complexity index is 424. The van der Waals surface area contributed by atoms with Crippen molar-refractivity contribution >= 4 is 17.4 Å². The fraction of sp³-hybridized carbons (Fsp3) is 0. The number of nitrogens with zero attached hydrogens (tertiary/aromatic N) is 4. The number of aromatic nitrogens is 4. The largest absolute Gasteiger partial charge is 0.384 e. The van der Waals surface area contributed by atoms with Crippen LogP contribution in [0.1, 0.15) is 0 Å². The summed E-state index contributed by atoms with van der Waals surface area (Å²) in [5, 5.41) is 0.290. The van der Waals surface area contributed by atoms with Crippen LogP contribution in [-0.2, 0) is 0 Å². The Hall–Kier alpha value is -1.75.